The maximum Gasteiger partial charge on any atom is 0.231 e. The topological polar surface area (TPSA) is 36.9 Å². The van der Waals surface area contributed by atoms with Crippen molar-refractivity contribution in [1.82, 2.24) is 0 Å². The van der Waals surface area contributed by atoms with Crippen molar-refractivity contribution in [2.75, 3.05) is 0 Å². The lowest BCUT2D eigenvalue weighted by Crippen LogP contribution is -2.40. The van der Waals surface area contributed by atoms with Gasteiger partial charge in [-0.05, 0) is 53.4 Å². The Hall–Kier alpha value is -0.160. The highest BCUT2D eigenvalue weighted by Crippen LogP contribution is 2.29. The SMILES string of the molecule is CCCC(C)(C)OOC(C)(CC(C)C)OOC(C)(C)CCC. The molecular weight excluding hydrogens is 280 g/mol. The first kappa shape index (κ1) is 21.8. The molecule has 0 aliphatic heterocycles. The molecule has 0 heterocycles. The summed E-state index contributed by atoms with van der Waals surface area (Å²) in [7, 11) is 0. The molecule has 22 heavy (non-hydrogen) atoms. The zero-order valence-corrected chi connectivity index (χ0v) is 16.2. The van der Waals surface area contributed by atoms with E-state index in [4.69, 9.17) is 19.6 Å². The molecule has 0 radical (unpaired) electrons. The van der Waals surface area contributed by atoms with E-state index in [-0.39, 0.29) is 11.2 Å². The molecular formula is C18H38O4. The van der Waals surface area contributed by atoms with Gasteiger partial charge >= 0.3 is 0 Å². The maximum atomic E-state index is 5.68. The van der Waals surface area contributed by atoms with E-state index in [1.807, 2.05) is 34.6 Å². The summed E-state index contributed by atoms with van der Waals surface area (Å²) in [6.45, 7) is 18.5. The van der Waals surface area contributed by atoms with Crippen LogP contribution in [0.2, 0.25) is 0 Å². The highest BCUT2D eigenvalue weighted by atomic mass is 17.3. The van der Waals surface area contributed by atoms with Gasteiger partial charge in [-0.25, -0.2) is 9.78 Å². The van der Waals surface area contributed by atoms with Gasteiger partial charge in [-0.1, -0.05) is 40.5 Å². The van der Waals surface area contributed by atoms with Crippen LogP contribution < -0.4 is 0 Å². The zero-order valence-electron chi connectivity index (χ0n) is 16.2. The summed E-state index contributed by atoms with van der Waals surface area (Å²) in [6, 6.07) is 0. The molecule has 134 valence electrons. The van der Waals surface area contributed by atoms with Crippen LogP contribution in [0.15, 0.2) is 0 Å². The van der Waals surface area contributed by atoms with Crippen molar-refractivity contribution in [3.8, 4) is 0 Å². The van der Waals surface area contributed by atoms with Crippen molar-refractivity contribution in [3.63, 3.8) is 0 Å². The molecule has 0 atom stereocenters. The number of rotatable bonds is 12. The molecule has 0 saturated carbocycles. The van der Waals surface area contributed by atoms with E-state index >= 15 is 0 Å². The first-order valence-corrected chi connectivity index (χ1v) is 8.69. The van der Waals surface area contributed by atoms with Gasteiger partial charge in [-0.15, -0.1) is 0 Å². The van der Waals surface area contributed by atoms with Crippen molar-refractivity contribution in [3.05, 3.63) is 0 Å². The molecule has 0 saturated heterocycles. The highest BCUT2D eigenvalue weighted by Gasteiger charge is 2.35. The average molecular weight is 318 g/mol. The minimum absolute atomic E-state index is 0.338. The Bertz CT molecular complexity index is 275. The van der Waals surface area contributed by atoms with Crippen LogP contribution in [0.5, 0.6) is 0 Å². The van der Waals surface area contributed by atoms with Crippen LogP contribution in [0, 0.1) is 5.92 Å². The summed E-state index contributed by atoms with van der Waals surface area (Å²) in [4.78, 5) is 22.7. The minimum Gasteiger partial charge on any atom is -0.228 e. The first-order valence-electron chi connectivity index (χ1n) is 8.69. The first-order chi connectivity index (χ1) is 9.95. The Morgan fingerprint density at radius 1 is 0.682 bits per heavy atom. The Morgan fingerprint density at radius 2 is 1.05 bits per heavy atom. The van der Waals surface area contributed by atoms with E-state index in [1.165, 1.54) is 0 Å². The van der Waals surface area contributed by atoms with Crippen molar-refractivity contribution >= 4 is 0 Å². The fourth-order valence-electron chi connectivity index (χ4n) is 2.51. The van der Waals surface area contributed by atoms with Gasteiger partial charge < -0.3 is 0 Å². The molecule has 0 aromatic rings. The van der Waals surface area contributed by atoms with Crippen LogP contribution >= 0.6 is 0 Å². The molecule has 0 unspecified atom stereocenters. The fourth-order valence-corrected chi connectivity index (χ4v) is 2.51. The lowest BCUT2D eigenvalue weighted by molar-refractivity contribution is -0.541. The van der Waals surface area contributed by atoms with E-state index in [1.54, 1.807) is 0 Å². The molecule has 0 spiro atoms. The van der Waals surface area contributed by atoms with Crippen molar-refractivity contribution in [1.29, 1.82) is 0 Å². The molecule has 0 amide bonds. The zero-order chi connectivity index (χ0) is 17.4. The third kappa shape index (κ3) is 9.78. The third-order valence-electron chi connectivity index (χ3n) is 3.37. The molecule has 0 bridgehead atoms. The smallest absolute Gasteiger partial charge is 0.228 e. The summed E-state index contributed by atoms with van der Waals surface area (Å²) in [5.74, 6) is -0.509. The largest absolute Gasteiger partial charge is 0.231 e. The monoisotopic (exact) mass is 318 g/mol. The summed E-state index contributed by atoms with van der Waals surface area (Å²) in [5, 5.41) is 0. The summed E-state index contributed by atoms with van der Waals surface area (Å²) in [5.41, 5.74) is -0.676. The van der Waals surface area contributed by atoms with Gasteiger partial charge in [-0.2, -0.15) is 9.78 Å². The van der Waals surface area contributed by atoms with Crippen LogP contribution in [0.25, 0.3) is 0 Å². The van der Waals surface area contributed by atoms with Crippen molar-refractivity contribution in [2.24, 2.45) is 5.92 Å². The quantitative estimate of drug-likeness (QED) is 0.259. The fraction of sp³-hybridized carbons (Fsp3) is 1.00. The van der Waals surface area contributed by atoms with E-state index in [9.17, 15) is 0 Å². The van der Waals surface area contributed by atoms with Crippen LogP contribution in [-0.4, -0.2) is 17.0 Å². The summed E-state index contributed by atoms with van der Waals surface area (Å²) in [6.07, 6.45) is 4.62. The second kappa shape index (κ2) is 9.21. The summed E-state index contributed by atoms with van der Waals surface area (Å²) >= 11 is 0. The molecule has 0 aliphatic rings. The van der Waals surface area contributed by atoms with Gasteiger partial charge in [0, 0.05) is 6.42 Å². The van der Waals surface area contributed by atoms with Gasteiger partial charge in [0.25, 0.3) is 0 Å². The molecule has 0 aliphatic carbocycles. The number of hydrogen-bond donors (Lipinski definition) is 0. The molecule has 0 fully saturated rings. The lowest BCUT2D eigenvalue weighted by atomic mass is 10.0. The normalized spacial score (nSPS) is 13.9. The number of hydrogen-bond acceptors (Lipinski definition) is 4. The van der Waals surface area contributed by atoms with E-state index in [2.05, 4.69) is 27.7 Å². The molecule has 0 aromatic carbocycles. The summed E-state index contributed by atoms with van der Waals surface area (Å²) < 4.78 is 0. The maximum absolute atomic E-state index is 5.68. The highest BCUT2D eigenvalue weighted by molar-refractivity contribution is 4.69. The van der Waals surface area contributed by atoms with Crippen LogP contribution in [-0.2, 0) is 19.6 Å². The predicted molar refractivity (Wildman–Crippen MR) is 90.2 cm³/mol. The van der Waals surface area contributed by atoms with E-state index in [0.29, 0.717) is 12.3 Å². The Morgan fingerprint density at radius 3 is 1.32 bits per heavy atom. The lowest BCUT2D eigenvalue weighted by Gasteiger charge is -2.35. The Labute approximate surface area is 137 Å². The van der Waals surface area contributed by atoms with Crippen LogP contribution in [0.4, 0.5) is 0 Å². The average Bonchev–Trinajstić information content (AvgIpc) is 2.34. The van der Waals surface area contributed by atoms with Gasteiger partial charge in [0.1, 0.15) is 0 Å². The second-order valence-corrected chi connectivity index (χ2v) is 8.08. The second-order valence-electron chi connectivity index (χ2n) is 8.08. The molecule has 0 rings (SSSR count). The standard InChI is InChI=1S/C18H38O4/c1-10-12-16(5,6)19-21-18(9,14-15(3)4)22-20-17(7,8)13-11-2/h15H,10-14H2,1-9H3. The van der Waals surface area contributed by atoms with Crippen molar-refractivity contribution < 1.29 is 19.6 Å². The molecule has 0 aromatic heterocycles. The van der Waals surface area contributed by atoms with E-state index < -0.39 is 5.79 Å². The van der Waals surface area contributed by atoms with Gasteiger partial charge in [0.05, 0.1) is 11.2 Å². The van der Waals surface area contributed by atoms with Gasteiger partial charge in [-0.3, -0.25) is 0 Å². The van der Waals surface area contributed by atoms with Gasteiger partial charge in [0.15, 0.2) is 0 Å². The Balaban J connectivity index is 4.71. The van der Waals surface area contributed by atoms with Gasteiger partial charge in [0.2, 0.25) is 5.79 Å². The Kier molecular flexibility index (Phi) is 9.15. The van der Waals surface area contributed by atoms with E-state index in [0.717, 1.165) is 25.7 Å². The predicted octanol–water partition coefficient (Wildman–Crippen LogP) is 5.80. The molecule has 0 N–H and O–H groups in total. The molecule has 4 heteroatoms. The molecule has 4 nitrogen and oxygen atoms in total. The minimum atomic E-state index is -0.913. The van der Waals surface area contributed by atoms with Crippen molar-refractivity contribution in [2.45, 2.75) is 111 Å². The van der Waals surface area contributed by atoms with Crippen LogP contribution in [0.1, 0.15) is 94.4 Å². The van der Waals surface area contributed by atoms with Crippen LogP contribution in [0.3, 0.4) is 0 Å². The third-order valence-corrected chi connectivity index (χ3v) is 3.37.